The first-order chi connectivity index (χ1) is 14.3. The molecule has 5 heteroatoms. The number of amides is 1. The topological polar surface area (TPSA) is 54.9 Å². The molecule has 29 heavy (non-hydrogen) atoms. The average molecular weight is 400 g/mol. The van der Waals surface area contributed by atoms with Gasteiger partial charge in [0.25, 0.3) is 0 Å². The molecule has 0 unspecified atom stereocenters. The highest BCUT2D eigenvalue weighted by molar-refractivity contribution is 7.13. The number of nitrogens with zero attached hydrogens (tertiary/aromatic N) is 2. The summed E-state index contributed by atoms with van der Waals surface area (Å²) in [5.74, 6) is -0.313. The molecule has 0 atom stereocenters. The lowest BCUT2D eigenvalue weighted by Crippen LogP contribution is -2.31. The van der Waals surface area contributed by atoms with Gasteiger partial charge in [0.05, 0.1) is 11.6 Å². The molecule has 0 saturated heterocycles. The SMILES string of the molecule is O=C(NCCc1csc(-c2ccncc2)n1)C(c1ccccc1)c1ccccc1. The van der Waals surface area contributed by atoms with Gasteiger partial charge in [-0.1, -0.05) is 60.7 Å². The summed E-state index contributed by atoms with van der Waals surface area (Å²) in [5, 5.41) is 6.11. The summed E-state index contributed by atoms with van der Waals surface area (Å²) < 4.78 is 0. The lowest BCUT2D eigenvalue weighted by atomic mass is 9.90. The first-order valence-electron chi connectivity index (χ1n) is 9.53. The van der Waals surface area contributed by atoms with Crippen LogP contribution in [0.5, 0.6) is 0 Å². The molecule has 4 nitrogen and oxygen atoms in total. The maximum Gasteiger partial charge on any atom is 0.232 e. The van der Waals surface area contributed by atoms with E-state index in [1.54, 1.807) is 23.7 Å². The van der Waals surface area contributed by atoms with Crippen LogP contribution in [0.1, 0.15) is 22.7 Å². The summed E-state index contributed by atoms with van der Waals surface area (Å²) >= 11 is 1.61. The molecule has 0 bridgehead atoms. The molecular formula is C24H21N3OS. The number of hydrogen-bond acceptors (Lipinski definition) is 4. The van der Waals surface area contributed by atoms with E-state index in [0.717, 1.165) is 27.4 Å². The maximum atomic E-state index is 13.0. The third kappa shape index (κ3) is 4.76. The minimum Gasteiger partial charge on any atom is -0.355 e. The number of thiazole rings is 1. The molecule has 4 aromatic rings. The van der Waals surface area contributed by atoms with Crippen molar-refractivity contribution in [2.45, 2.75) is 12.3 Å². The summed E-state index contributed by atoms with van der Waals surface area (Å²) in [7, 11) is 0. The van der Waals surface area contributed by atoms with Gasteiger partial charge < -0.3 is 5.32 Å². The smallest absolute Gasteiger partial charge is 0.232 e. The van der Waals surface area contributed by atoms with Crippen LogP contribution in [0.2, 0.25) is 0 Å². The summed E-state index contributed by atoms with van der Waals surface area (Å²) in [6.45, 7) is 0.550. The van der Waals surface area contributed by atoms with Crippen molar-refractivity contribution in [1.82, 2.24) is 15.3 Å². The maximum absolute atomic E-state index is 13.0. The summed E-state index contributed by atoms with van der Waals surface area (Å²) in [5.41, 5.74) is 4.03. The molecule has 0 aliphatic heterocycles. The Hall–Kier alpha value is -3.31. The van der Waals surface area contributed by atoms with E-state index >= 15 is 0 Å². The van der Waals surface area contributed by atoms with Crippen LogP contribution in [0.25, 0.3) is 10.6 Å². The molecular weight excluding hydrogens is 378 g/mol. The van der Waals surface area contributed by atoms with E-state index in [4.69, 9.17) is 0 Å². The van der Waals surface area contributed by atoms with Crippen molar-refractivity contribution in [1.29, 1.82) is 0 Å². The number of carbonyl (C=O) groups is 1. The molecule has 0 fully saturated rings. The van der Waals surface area contributed by atoms with Gasteiger partial charge in [0, 0.05) is 36.3 Å². The molecule has 0 spiro atoms. The minimum atomic E-state index is -0.319. The molecule has 0 aliphatic carbocycles. The fourth-order valence-electron chi connectivity index (χ4n) is 3.25. The van der Waals surface area contributed by atoms with Crippen LogP contribution in [-0.4, -0.2) is 22.4 Å². The lowest BCUT2D eigenvalue weighted by molar-refractivity contribution is -0.121. The van der Waals surface area contributed by atoms with Gasteiger partial charge in [0.1, 0.15) is 5.01 Å². The van der Waals surface area contributed by atoms with Gasteiger partial charge in [-0.2, -0.15) is 0 Å². The van der Waals surface area contributed by atoms with E-state index < -0.39 is 0 Å². The third-order valence-corrected chi connectivity index (χ3v) is 5.63. The first-order valence-corrected chi connectivity index (χ1v) is 10.4. The predicted molar refractivity (Wildman–Crippen MR) is 117 cm³/mol. The zero-order valence-electron chi connectivity index (χ0n) is 15.9. The fourth-order valence-corrected chi connectivity index (χ4v) is 4.11. The molecule has 1 amide bonds. The van der Waals surface area contributed by atoms with Gasteiger partial charge in [-0.05, 0) is 23.3 Å². The van der Waals surface area contributed by atoms with Gasteiger partial charge >= 0.3 is 0 Å². The van der Waals surface area contributed by atoms with E-state index in [0.29, 0.717) is 13.0 Å². The molecule has 0 aliphatic rings. The summed E-state index contributed by atoms with van der Waals surface area (Å²) in [4.78, 5) is 21.7. The van der Waals surface area contributed by atoms with Crippen molar-refractivity contribution < 1.29 is 4.79 Å². The van der Waals surface area contributed by atoms with Crippen LogP contribution >= 0.6 is 11.3 Å². The zero-order valence-corrected chi connectivity index (χ0v) is 16.7. The van der Waals surface area contributed by atoms with Crippen molar-refractivity contribution in [3.05, 3.63) is 107 Å². The summed E-state index contributed by atoms with van der Waals surface area (Å²) in [6, 6.07) is 23.7. The number of benzene rings is 2. The van der Waals surface area contributed by atoms with E-state index in [2.05, 4.69) is 15.3 Å². The third-order valence-electron chi connectivity index (χ3n) is 4.69. The Balaban J connectivity index is 1.42. The molecule has 0 saturated carbocycles. The lowest BCUT2D eigenvalue weighted by Gasteiger charge is -2.17. The zero-order chi connectivity index (χ0) is 19.9. The predicted octanol–water partition coefficient (Wildman–Crippen LogP) is 4.70. The summed E-state index contributed by atoms with van der Waals surface area (Å²) in [6.07, 6.45) is 4.23. The van der Waals surface area contributed by atoms with Crippen molar-refractivity contribution in [3.63, 3.8) is 0 Å². The number of hydrogen-bond donors (Lipinski definition) is 1. The number of carbonyl (C=O) groups excluding carboxylic acids is 1. The van der Waals surface area contributed by atoms with Crippen LogP contribution in [0, 0.1) is 0 Å². The highest BCUT2D eigenvalue weighted by Gasteiger charge is 2.22. The highest BCUT2D eigenvalue weighted by atomic mass is 32.1. The molecule has 2 heterocycles. The minimum absolute atomic E-state index is 0.00647. The second-order valence-electron chi connectivity index (χ2n) is 6.68. The number of rotatable bonds is 7. The van der Waals surface area contributed by atoms with Crippen molar-refractivity contribution in [3.8, 4) is 10.6 Å². The van der Waals surface area contributed by atoms with Gasteiger partial charge in [-0.15, -0.1) is 11.3 Å². The van der Waals surface area contributed by atoms with Crippen molar-refractivity contribution in [2.75, 3.05) is 6.54 Å². The van der Waals surface area contributed by atoms with E-state index in [1.807, 2.05) is 78.2 Å². The fraction of sp³-hybridized carbons (Fsp3) is 0.125. The second kappa shape index (κ2) is 9.26. The first kappa shape index (κ1) is 19.0. The molecule has 2 aromatic heterocycles. The number of pyridine rings is 1. The Labute approximate surface area is 174 Å². The van der Waals surface area contributed by atoms with Crippen LogP contribution in [-0.2, 0) is 11.2 Å². The van der Waals surface area contributed by atoms with E-state index in [9.17, 15) is 4.79 Å². The van der Waals surface area contributed by atoms with E-state index in [1.165, 1.54) is 0 Å². The normalized spacial score (nSPS) is 10.8. The Morgan fingerprint density at radius 3 is 2.14 bits per heavy atom. The van der Waals surface area contributed by atoms with Crippen LogP contribution in [0.15, 0.2) is 90.6 Å². The molecule has 4 rings (SSSR count). The average Bonchev–Trinajstić information content (AvgIpc) is 3.25. The Kier molecular flexibility index (Phi) is 6.07. The Bertz CT molecular complexity index is 1010. The number of aromatic nitrogens is 2. The van der Waals surface area contributed by atoms with Crippen LogP contribution in [0.3, 0.4) is 0 Å². The van der Waals surface area contributed by atoms with Gasteiger partial charge in [0.15, 0.2) is 0 Å². The van der Waals surface area contributed by atoms with Gasteiger partial charge in [-0.25, -0.2) is 4.98 Å². The van der Waals surface area contributed by atoms with Crippen molar-refractivity contribution in [2.24, 2.45) is 0 Å². The van der Waals surface area contributed by atoms with Crippen LogP contribution < -0.4 is 5.32 Å². The largest absolute Gasteiger partial charge is 0.355 e. The van der Waals surface area contributed by atoms with Crippen molar-refractivity contribution >= 4 is 17.2 Å². The monoisotopic (exact) mass is 399 g/mol. The standard InChI is InChI=1S/C24H21N3OS/c28-23(22(18-7-3-1-4-8-18)19-9-5-2-6-10-19)26-16-13-21-17-29-24(27-21)20-11-14-25-15-12-20/h1-12,14-15,17,22H,13,16H2,(H,26,28). The molecule has 0 radical (unpaired) electrons. The molecule has 144 valence electrons. The van der Waals surface area contributed by atoms with Gasteiger partial charge in [-0.3, -0.25) is 9.78 Å². The second-order valence-corrected chi connectivity index (χ2v) is 7.53. The quantitative estimate of drug-likeness (QED) is 0.490. The Morgan fingerprint density at radius 1 is 0.897 bits per heavy atom. The van der Waals surface area contributed by atoms with E-state index in [-0.39, 0.29) is 11.8 Å². The highest BCUT2D eigenvalue weighted by Crippen LogP contribution is 2.25. The number of nitrogens with one attached hydrogen (secondary N) is 1. The molecule has 1 N–H and O–H groups in total. The Morgan fingerprint density at radius 2 is 1.52 bits per heavy atom. The molecule has 2 aromatic carbocycles. The van der Waals surface area contributed by atoms with Crippen LogP contribution in [0.4, 0.5) is 0 Å². The van der Waals surface area contributed by atoms with Gasteiger partial charge in [0.2, 0.25) is 5.91 Å².